The van der Waals surface area contributed by atoms with Gasteiger partial charge < -0.3 is 14.2 Å². The average Bonchev–Trinajstić information content (AvgIpc) is 2.67. The summed E-state index contributed by atoms with van der Waals surface area (Å²) in [5.74, 6) is 1.08. The molecule has 0 radical (unpaired) electrons. The molecule has 0 unspecified atom stereocenters. The van der Waals surface area contributed by atoms with Crippen molar-refractivity contribution in [2.24, 2.45) is 0 Å². The van der Waals surface area contributed by atoms with Crippen LogP contribution in [0.2, 0.25) is 0 Å². The summed E-state index contributed by atoms with van der Waals surface area (Å²) in [5.41, 5.74) is 0. The molecule has 5 heteroatoms. The molecule has 0 N–H and O–H groups in total. The monoisotopic (exact) mass is 181 g/mol. The van der Waals surface area contributed by atoms with Crippen LogP contribution >= 0.6 is 0 Å². The van der Waals surface area contributed by atoms with Gasteiger partial charge in [-0.15, -0.1) is 0 Å². The van der Waals surface area contributed by atoms with E-state index in [1.54, 1.807) is 0 Å². The minimum atomic E-state index is 0.460. The van der Waals surface area contributed by atoms with Crippen molar-refractivity contribution in [1.29, 1.82) is 0 Å². The van der Waals surface area contributed by atoms with Crippen LogP contribution < -0.4 is 4.90 Å². The van der Waals surface area contributed by atoms with Crippen molar-refractivity contribution in [3.63, 3.8) is 0 Å². The number of anilines is 1. The fraction of sp³-hybridized carbons (Fsp3) is 0.500. The number of nitrogens with zero attached hydrogens (tertiary/aromatic N) is 3. The van der Waals surface area contributed by atoms with Crippen molar-refractivity contribution in [3.05, 3.63) is 12.5 Å². The van der Waals surface area contributed by atoms with Crippen molar-refractivity contribution in [1.82, 2.24) is 10.1 Å². The Hall–Kier alpha value is -1.36. The summed E-state index contributed by atoms with van der Waals surface area (Å²) in [7, 11) is 0. The molecule has 13 heavy (non-hydrogen) atoms. The van der Waals surface area contributed by atoms with Crippen LogP contribution in [0.3, 0.4) is 0 Å². The maximum Gasteiger partial charge on any atom is 0.266 e. The first-order valence-electron chi connectivity index (χ1n) is 4.19. The molecule has 0 amide bonds. The summed E-state index contributed by atoms with van der Waals surface area (Å²) >= 11 is 0. The molecule has 1 aromatic heterocycles. The third kappa shape index (κ3) is 1.70. The molecule has 70 valence electrons. The second kappa shape index (κ2) is 3.57. The van der Waals surface area contributed by atoms with Crippen molar-refractivity contribution in [2.45, 2.75) is 0 Å². The number of aromatic nitrogens is 2. The summed E-state index contributed by atoms with van der Waals surface area (Å²) in [6.45, 7) is 6.62. The van der Waals surface area contributed by atoms with E-state index in [1.807, 2.05) is 4.90 Å². The lowest BCUT2D eigenvalue weighted by molar-refractivity contribution is 0.121. The molecule has 2 heterocycles. The highest BCUT2D eigenvalue weighted by molar-refractivity contribution is 5.38. The Morgan fingerprint density at radius 1 is 1.38 bits per heavy atom. The summed E-state index contributed by atoms with van der Waals surface area (Å²) in [6.07, 6.45) is 1.54. The Labute approximate surface area is 76.0 Å². The van der Waals surface area contributed by atoms with Gasteiger partial charge >= 0.3 is 0 Å². The van der Waals surface area contributed by atoms with Gasteiger partial charge in [0.25, 0.3) is 11.8 Å². The Morgan fingerprint density at radius 3 is 2.77 bits per heavy atom. The van der Waals surface area contributed by atoms with E-state index in [2.05, 4.69) is 16.7 Å². The smallest absolute Gasteiger partial charge is 0.266 e. The third-order valence-electron chi connectivity index (χ3n) is 1.90. The number of ether oxygens (including phenoxy) is 1. The first-order chi connectivity index (χ1) is 6.40. The SMILES string of the molecule is C=Cc1nc(N2CCOCC2)no1. The molecule has 1 aliphatic heterocycles. The molecule has 0 saturated carbocycles. The third-order valence-corrected chi connectivity index (χ3v) is 1.90. The van der Waals surface area contributed by atoms with E-state index in [0.29, 0.717) is 11.8 Å². The summed E-state index contributed by atoms with van der Waals surface area (Å²) in [4.78, 5) is 6.15. The summed E-state index contributed by atoms with van der Waals surface area (Å²) < 4.78 is 10.1. The highest BCUT2D eigenvalue weighted by Crippen LogP contribution is 2.11. The standard InChI is InChI=1S/C8H11N3O2/c1-2-7-9-8(10-13-7)11-3-5-12-6-4-11/h2H,1,3-6H2. The zero-order chi connectivity index (χ0) is 9.10. The van der Waals surface area contributed by atoms with E-state index in [1.165, 1.54) is 6.08 Å². The molecular weight excluding hydrogens is 170 g/mol. The van der Waals surface area contributed by atoms with E-state index in [0.717, 1.165) is 26.3 Å². The van der Waals surface area contributed by atoms with Crippen LogP contribution in [0, 0.1) is 0 Å². The van der Waals surface area contributed by atoms with Crippen LogP contribution in [-0.2, 0) is 4.74 Å². The van der Waals surface area contributed by atoms with Crippen molar-refractivity contribution < 1.29 is 9.26 Å². The first-order valence-corrected chi connectivity index (χ1v) is 4.19. The van der Waals surface area contributed by atoms with E-state index < -0.39 is 0 Å². The van der Waals surface area contributed by atoms with Gasteiger partial charge in [-0.25, -0.2) is 0 Å². The van der Waals surface area contributed by atoms with Crippen molar-refractivity contribution >= 4 is 12.0 Å². The van der Waals surface area contributed by atoms with Crippen LogP contribution in [0.1, 0.15) is 5.89 Å². The number of rotatable bonds is 2. The first kappa shape index (κ1) is 8.25. The normalized spacial score (nSPS) is 17.4. The molecule has 0 atom stereocenters. The summed E-state index contributed by atoms with van der Waals surface area (Å²) in [5, 5.41) is 3.82. The molecular formula is C8H11N3O2. The average molecular weight is 181 g/mol. The maximum absolute atomic E-state index is 5.21. The van der Waals surface area contributed by atoms with E-state index >= 15 is 0 Å². The van der Waals surface area contributed by atoms with Gasteiger partial charge in [0.15, 0.2) is 0 Å². The minimum absolute atomic E-state index is 0.460. The van der Waals surface area contributed by atoms with E-state index in [-0.39, 0.29) is 0 Å². The van der Waals surface area contributed by atoms with Gasteiger partial charge in [0.1, 0.15) is 0 Å². The molecule has 1 saturated heterocycles. The predicted molar refractivity (Wildman–Crippen MR) is 47.4 cm³/mol. The van der Waals surface area contributed by atoms with Crippen molar-refractivity contribution in [3.8, 4) is 0 Å². The van der Waals surface area contributed by atoms with Crippen LogP contribution in [0.25, 0.3) is 6.08 Å². The van der Waals surface area contributed by atoms with E-state index in [9.17, 15) is 0 Å². The maximum atomic E-state index is 5.21. The zero-order valence-electron chi connectivity index (χ0n) is 7.27. The van der Waals surface area contributed by atoms with Gasteiger partial charge in [-0.2, -0.15) is 4.98 Å². The van der Waals surface area contributed by atoms with Gasteiger partial charge in [-0.05, 0) is 11.2 Å². The number of hydrogen-bond donors (Lipinski definition) is 0. The molecule has 1 fully saturated rings. The quantitative estimate of drug-likeness (QED) is 0.666. The van der Waals surface area contributed by atoms with Gasteiger partial charge in [-0.3, -0.25) is 0 Å². The lowest BCUT2D eigenvalue weighted by atomic mass is 10.4. The Kier molecular flexibility index (Phi) is 2.27. The minimum Gasteiger partial charge on any atom is -0.378 e. The molecule has 1 aliphatic rings. The Balaban J connectivity index is 2.09. The fourth-order valence-electron chi connectivity index (χ4n) is 1.20. The predicted octanol–water partition coefficient (Wildman–Crippen LogP) is 0.549. The highest BCUT2D eigenvalue weighted by atomic mass is 16.5. The molecule has 0 bridgehead atoms. The molecule has 0 aromatic carbocycles. The molecule has 2 rings (SSSR count). The van der Waals surface area contributed by atoms with Gasteiger partial charge in [0.2, 0.25) is 0 Å². The lowest BCUT2D eigenvalue weighted by Gasteiger charge is -2.24. The van der Waals surface area contributed by atoms with E-state index in [4.69, 9.17) is 9.26 Å². The van der Waals surface area contributed by atoms with Gasteiger partial charge in [0.05, 0.1) is 13.2 Å². The molecule has 1 aromatic rings. The summed E-state index contributed by atoms with van der Waals surface area (Å²) in [6, 6.07) is 0. The Morgan fingerprint density at radius 2 is 2.15 bits per heavy atom. The largest absolute Gasteiger partial charge is 0.378 e. The second-order valence-electron chi connectivity index (χ2n) is 2.74. The van der Waals surface area contributed by atoms with Gasteiger partial charge in [0, 0.05) is 13.1 Å². The molecule has 0 aliphatic carbocycles. The number of morpholine rings is 1. The lowest BCUT2D eigenvalue weighted by Crippen LogP contribution is -2.36. The zero-order valence-corrected chi connectivity index (χ0v) is 7.27. The topological polar surface area (TPSA) is 51.4 Å². The van der Waals surface area contributed by atoms with Crippen molar-refractivity contribution in [2.75, 3.05) is 31.2 Å². The highest BCUT2D eigenvalue weighted by Gasteiger charge is 2.15. The van der Waals surface area contributed by atoms with Gasteiger partial charge in [-0.1, -0.05) is 6.58 Å². The van der Waals surface area contributed by atoms with Crippen LogP contribution in [0.5, 0.6) is 0 Å². The van der Waals surface area contributed by atoms with Crippen LogP contribution in [0.4, 0.5) is 5.95 Å². The molecule has 5 nitrogen and oxygen atoms in total. The van der Waals surface area contributed by atoms with Crippen LogP contribution in [-0.4, -0.2) is 36.4 Å². The number of hydrogen-bond acceptors (Lipinski definition) is 5. The Bertz CT molecular complexity index is 291. The second-order valence-corrected chi connectivity index (χ2v) is 2.74. The molecule has 0 spiro atoms. The fourth-order valence-corrected chi connectivity index (χ4v) is 1.20. The van der Waals surface area contributed by atoms with Crippen LogP contribution in [0.15, 0.2) is 11.1 Å².